The highest BCUT2D eigenvalue weighted by molar-refractivity contribution is 7.80. The molecular formula is C10H8O3S. The van der Waals surface area contributed by atoms with Crippen molar-refractivity contribution in [3.8, 4) is 17.6 Å². The van der Waals surface area contributed by atoms with Crippen LogP contribution in [0.15, 0.2) is 18.2 Å². The summed E-state index contributed by atoms with van der Waals surface area (Å²) in [6.45, 7) is 0. The Kier molecular flexibility index (Phi) is 3.43. The Bertz CT molecular complexity index is 415. The van der Waals surface area contributed by atoms with E-state index in [-0.39, 0.29) is 11.3 Å². The number of benzene rings is 1. The summed E-state index contributed by atoms with van der Waals surface area (Å²) in [6.07, 6.45) is 0. The maximum absolute atomic E-state index is 10.6. The van der Waals surface area contributed by atoms with Gasteiger partial charge in [0.2, 0.25) is 0 Å². The Labute approximate surface area is 86.8 Å². The molecule has 2 N–H and O–H groups in total. The molecule has 3 nitrogen and oxygen atoms in total. The number of phenolic OH excluding ortho intramolecular Hbond substituents is 1. The van der Waals surface area contributed by atoms with E-state index in [1.807, 2.05) is 0 Å². The number of carboxylic acid groups (broad SMARTS) is 1. The maximum atomic E-state index is 10.6. The first-order valence-electron chi connectivity index (χ1n) is 3.81. The van der Waals surface area contributed by atoms with Crippen molar-refractivity contribution >= 4 is 18.6 Å². The van der Waals surface area contributed by atoms with Crippen molar-refractivity contribution in [3.63, 3.8) is 0 Å². The van der Waals surface area contributed by atoms with E-state index in [1.54, 1.807) is 0 Å². The second kappa shape index (κ2) is 4.58. The molecule has 0 saturated carbocycles. The third-order valence-electron chi connectivity index (χ3n) is 1.55. The van der Waals surface area contributed by atoms with Gasteiger partial charge in [-0.1, -0.05) is 11.8 Å². The standard InChI is InChI=1S/C10H8O3S/c11-9-4-3-8(10(12)13)6-7(9)2-1-5-14/h3-4,6,11,14H,5H2,(H,12,13). The lowest BCUT2D eigenvalue weighted by atomic mass is 10.1. The molecule has 0 radical (unpaired) electrons. The molecular weight excluding hydrogens is 200 g/mol. The molecule has 0 aliphatic rings. The molecule has 72 valence electrons. The van der Waals surface area contributed by atoms with Gasteiger partial charge in [0, 0.05) is 0 Å². The van der Waals surface area contributed by atoms with Crippen molar-refractivity contribution in [2.75, 3.05) is 5.75 Å². The summed E-state index contributed by atoms with van der Waals surface area (Å²) in [6, 6.07) is 3.96. The minimum atomic E-state index is -1.04. The van der Waals surface area contributed by atoms with Crippen LogP contribution < -0.4 is 0 Å². The quantitative estimate of drug-likeness (QED) is 0.482. The fourth-order valence-electron chi connectivity index (χ4n) is 0.904. The zero-order chi connectivity index (χ0) is 10.6. The van der Waals surface area contributed by atoms with Gasteiger partial charge in [-0.3, -0.25) is 0 Å². The summed E-state index contributed by atoms with van der Waals surface area (Å²) in [5, 5.41) is 18.0. The average Bonchev–Trinajstić information content (AvgIpc) is 2.16. The highest BCUT2D eigenvalue weighted by atomic mass is 32.1. The zero-order valence-electron chi connectivity index (χ0n) is 7.19. The number of aromatic hydroxyl groups is 1. The van der Waals surface area contributed by atoms with Gasteiger partial charge in [0.05, 0.1) is 16.9 Å². The highest BCUT2D eigenvalue weighted by Crippen LogP contribution is 2.17. The van der Waals surface area contributed by atoms with Gasteiger partial charge in [0.15, 0.2) is 0 Å². The lowest BCUT2D eigenvalue weighted by Crippen LogP contribution is -1.96. The van der Waals surface area contributed by atoms with Crippen molar-refractivity contribution in [1.29, 1.82) is 0 Å². The van der Waals surface area contributed by atoms with Gasteiger partial charge in [0.25, 0.3) is 0 Å². The molecule has 0 atom stereocenters. The van der Waals surface area contributed by atoms with Gasteiger partial charge in [-0.25, -0.2) is 4.79 Å². The lowest BCUT2D eigenvalue weighted by Gasteiger charge is -1.98. The number of hydrogen-bond acceptors (Lipinski definition) is 3. The molecule has 14 heavy (non-hydrogen) atoms. The Morgan fingerprint density at radius 1 is 1.50 bits per heavy atom. The van der Waals surface area contributed by atoms with Crippen molar-refractivity contribution in [2.45, 2.75) is 0 Å². The van der Waals surface area contributed by atoms with Crippen molar-refractivity contribution in [3.05, 3.63) is 29.3 Å². The van der Waals surface area contributed by atoms with Crippen LogP contribution in [0.1, 0.15) is 15.9 Å². The highest BCUT2D eigenvalue weighted by Gasteiger charge is 2.05. The summed E-state index contributed by atoms with van der Waals surface area (Å²) in [4.78, 5) is 10.6. The van der Waals surface area contributed by atoms with E-state index in [0.717, 1.165) is 0 Å². The summed E-state index contributed by atoms with van der Waals surface area (Å²) in [7, 11) is 0. The Hall–Kier alpha value is -1.60. The predicted octanol–water partition coefficient (Wildman–Crippen LogP) is 1.37. The van der Waals surface area contributed by atoms with E-state index in [0.29, 0.717) is 11.3 Å². The van der Waals surface area contributed by atoms with E-state index < -0.39 is 5.97 Å². The third kappa shape index (κ3) is 2.44. The number of thiol groups is 1. The molecule has 1 rings (SSSR count). The van der Waals surface area contributed by atoms with Crippen LogP contribution in [0, 0.1) is 11.8 Å². The molecule has 0 spiro atoms. The number of carbonyl (C=O) groups is 1. The van der Waals surface area contributed by atoms with Crippen LogP contribution in [0.3, 0.4) is 0 Å². The minimum absolute atomic E-state index is 0.0238. The molecule has 0 bridgehead atoms. The van der Waals surface area contributed by atoms with Crippen LogP contribution in [0.25, 0.3) is 0 Å². The molecule has 0 aromatic heterocycles. The van der Waals surface area contributed by atoms with Gasteiger partial charge < -0.3 is 10.2 Å². The summed E-state index contributed by atoms with van der Waals surface area (Å²) < 4.78 is 0. The largest absolute Gasteiger partial charge is 0.507 e. The van der Waals surface area contributed by atoms with Crippen LogP contribution in [0.2, 0.25) is 0 Å². The molecule has 0 fully saturated rings. The monoisotopic (exact) mass is 208 g/mol. The van der Waals surface area contributed by atoms with E-state index in [4.69, 9.17) is 5.11 Å². The minimum Gasteiger partial charge on any atom is -0.507 e. The fourth-order valence-corrected chi connectivity index (χ4v) is 0.983. The molecule has 0 saturated heterocycles. The topological polar surface area (TPSA) is 57.5 Å². The van der Waals surface area contributed by atoms with Gasteiger partial charge in [-0.2, -0.15) is 12.6 Å². The van der Waals surface area contributed by atoms with Gasteiger partial charge in [0.1, 0.15) is 5.75 Å². The summed E-state index contributed by atoms with van der Waals surface area (Å²) >= 11 is 3.88. The molecule has 0 heterocycles. The van der Waals surface area contributed by atoms with Crippen LogP contribution >= 0.6 is 12.6 Å². The van der Waals surface area contributed by atoms with Crippen molar-refractivity contribution < 1.29 is 15.0 Å². The second-order valence-electron chi connectivity index (χ2n) is 2.50. The van der Waals surface area contributed by atoms with Crippen LogP contribution in [0.4, 0.5) is 0 Å². The number of carboxylic acids is 1. The van der Waals surface area contributed by atoms with Gasteiger partial charge in [-0.05, 0) is 18.2 Å². The van der Waals surface area contributed by atoms with Gasteiger partial charge in [-0.15, -0.1) is 0 Å². The molecule has 0 unspecified atom stereocenters. The normalized spacial score (nSPS) is 8.93. The second-order valence-corrected chi connectivity index (χ2v) is 2.81. The smallest absolute Gasteiger partial charge is 0.335 e. The van der Waals surface area contributed by atoms with Crippen LogP contribution in [-0.4, -0.2) is 21.9 Å². The summed E-state index contributed by atoms with van der Waals surface area (Å²) in [5.41, 5.74) is 0.408. The summed E-state index contributed by atoms with van der Waals surface area (Å²) in [5.74, 6) is 4.54. The van der Waals surface area contributed by atoms with Gasteiger partial charge >= 0.3 is 5.97 Å². The Morgan fingerprint density at radius 3 is 2.79 bits per heavy atom. The number of aromatic carboxylic acids is 1. The van der Waals surface area contributed by atoms with E-state index in [9.17, 15) is 9.90 Å². The molecule has 0 aliphatic heterocycles. The van der Waals surface area contributed by atoms with Crippen molar-refractivity contribution in [1.82, 2.24) is 0 Å². The number of phenols is 1. The molecule has 1 aromatic carbocycles. The molecule has 0 aliphatic carbocycles. The number of hydrogen-bond donors (Lipinski definition) is 3. The SMILES string of the molecule is O=C(O)c1ccc(O)c(C#CCS)c1. The third-order valence-corrected chi connectivity index (χ3v) is 1.70. The first kappa shape index (κ1) is 10.5. The lowest BCUT2D eigenvalue weighted by molar-refractivity contribution is 0.0697. The maximum Gasteiger partial charge on any atom is 0.335 e. The molecule has 0 amide bonds. The van der Waals surface area contributed by atoms with E-state index in [1.165, 1.54) is 18.2 Å². The van der Waals surface area contributed by atoms with Crippen LogP contribution in [-0.2, 0) is 0 Å². The fraction of sp³-hybridized carbons (Fsp3) is 0.100. The first-order valence-corrected chi connectivity index (χ1v) is 4.44. The Balaban J connectivity index is 3.14. The average molecular weight is 208 g/mol. The number of rotatable bonds is 1. The first-order chi connectivity index (χ1) is 6.65. The van der Waals surface area contributed by atoms with E-state index in [2.05, 4.69) is 24.5 Å². The van der Waals surface area contributed by atoms with Crippen LogP contribution in [0.5, 0.6) is 5.75 Å². The zero-order valence-corrected chi connectivity index (χ0v) is 8.08. The van der Waals surface area contributed by atoms with Crippen molar-refractivity contribution in [2.24, 2.45) is 0 Å². The Morgan fingerprint density at radius 2 is 2.21 bits per heavy atom. The van der Waals surface area contributed by atoms with E-state index >= 15 is 0 Å². The molecule has 1 aromatic rings. The predicted molar refractivity (Wildman–Crippen MR) is 55.8 cm³/mol. The molecule has 4 heteroatoms.